The normalized spacial score (nSPS) is 11.4. The highest BCUT2D eigenvalue weighted by atomic mass is 32.2. The molecule has 2 aromatic heterocycles. The number of benzene rings is 2. The second kappa shape index (κ2) is 8.61. The van der Waals surface area contributed by atoms with E-state index in [4.69, 9.17) is 4.42 Å². The van der Waals surface area contributed by atoms with Crippen LogP contribution in [0.5, 0.6) is 0 Å². The van der Waals surface area contributed by atoms with Crippen LogP contribution in [0.15, 0.2) is 88.4 Å². The lowest BCUT2D eigenvalue weighted by Crippen LogP contribution is -2.17. The SMILES string of the molecule is Cc1cc(NC(=O)c2occc2CS(=O)(=O)c2ccccc2)n(Cc2ccccc2)n1. The number of nitrogens with one attached hydrogen (secondary N) is 1. The minimum Gasteiger partial charge on any atom is -0.459 e. The predicted octanol–water partition coefficient (Wildman–Crippen LogP) is 4.06. The van der Waals surface area contributed by atoms with Crippen LogP contribution < -0.4 is 5.32 Å². The van der Waals surface area contributed by atoms with Gasteiger partial charge in [0.05, 0.1) is 29.2 Å². The van der Waals surface area contributed by atoms with Gasteiger partial charge in [0.25, 0.3) is 5.91 Å². The van der Waals surface area contributed by atoms with E-state index in [2.05, 4.69) is 10.4 Å². The molecule has 7 nitrogen and oxygen atoms in total. The van der Waals surface area contributed by atoms with E-state index < -0.39 is 15.7 Å². The third-order valence-electron chi connectivity index (χ3n) is 4.72. The summed E-state index contributed by atoms with van der Waals surface area (Å²) in [6, 6.07) is 21.1. The molecule has 8 heteroatoms. The lowest BCUT2D eigenvalue weighted by molar-refractivity contribution is 0.0994. The smallest absolute Gasteiger partial charge is 0.292 e. The number of furan rings is 1. The molecule has 1 amide bonds. The highest BCUT2D eigenvalue weighted by molar-refractivity contribution is 7.90. The molecular formula is C23H21N3O4S. The Labute approximate surface area is 180 Å². The molecular weight excluding hydrogens is 414 g/mol. The van der Waals surface area contributed by atoms with Crippen molar-refractivity contribution < 1.29 is 17.6 Å². The lowest BCUT2D eigenvalue weighted by atomic mass is 10.2. The van der Waals surface area contributed by atoms with E-state index in [1.54, 1.807) is 28.9 Å². The number of hydrogen-bond donors (Lipinski definition) is 1. The van der Waals surface area contributed by atoms with Crippen LogP contribution in [0.25, 0.3) is 0 Å². The number of nitrogens with zero attached hydrogens (tertiary/aromatic N) is 2. The zero-order valence-electron chi connectivity index (χ0n) is 16.9. The molecule has 0 fully saturated rings. The summed E-state index contributed by atoms with van der Waals surface area (Å²) >= 11 is 0. The molecule has 4 rings (SSSR count). The maximum atomic E-state index is 12.9. The quantitative estimate of drug-likeness (QED) is 0.472. The number of aromatic nitrogens is 2. The van der Waals surface area contributed by atoms with Crippen molar-refractivity contribution in [3.63, 3.8) is 0 Å². The molecule has 2 heterocycles. The Balaban J connectivity index is 1.54. The van der Waals surface area contributed by atoms with E-state index in [0.717, 1.165) is 11.3 Å². The summed E-state index contributed by atoms with van der Waals surface area (Å²) in [7, 11) is -3.61. The first-order valence-electron chi connectivity index (χ1n) is 9.66. The molecule has 0 saturated heterocycles. The summed E-state index contributed by atoms with van der Waals surface area (Å²) in [6.07, 6.45) is 1.32. The van der Waals surface area contributed by atoms with E-state index in [9.17, 15) is 13.2 Å². The van der Waals surface area contributed by atoms with Crippen molar-refractivity contribution in [2.24, 2.45) is 0 Å². The second-order valence-electron chi connectivity index (χ2n) is 7.12. The first-order valence-corrected chi connectivity index (χ1v) is 11.3. The average Bonchev–Trinajstić information content (AvgIpc) is 3.35. The fourth-order valence-electron chi connectivity index (χ4n) is 3.26. The van der Waals surface area contributed by atoms with Gasteiger partial charge in [-0.2, -0.15) is 5.10 Å². The first kappa shape index (κ1) is 20.6. The van der Waals surface area contributed by atoms with Gasteiger partial charge in [-0.25, -0.2) is 13.1 Å². The van der Waals surface area contributed by atoms with Gasteiger partial charge in [0.2, 0.25) is 0 Å². The Morgan fingerprint density at radius 1 is 1.03 bits per heavy atom. The van der Waals surface area contributed by atoms with Crippen molar-refractivity contribution >= 4 is 21.6 Å². The van der Waals surface area contributed by atoms with E-state index >= 15 is 0 Å². The molecule has 0 bridgehead atoms. The Morgan fingerprint density at radius 2 is 1.71 bits per heavy atom. The van der Waals surface area contributed by atoms with Crippen molar-refractivity contribution in [3.05, 3.63) is 102 Å². The third kappa shape index (κ3) is 4.75. The molecule has 0 spiro atoms. The third-order valence-corrected chi connectivity index (χ3v) is 6.40. The summed E-state index contributed by atoms with van der Waals surface area (Å²) in [5, 5.41) is 7.23. The van der Waals surface area contributed by atoms with Crippen molar-refractivity contribution in [3.8, 4) is 0 Å². The summed E-state index contributed by atoms with van der Waals surface area (Å²) in [4.78, 5) is 13.1. The Bertz CT molecular complexity index is 1290. The maximum absolute atomic E-state index is 12.9. The van der Waals surface area contributed by atoms with Crippen molar-refractivity contribution in [2.45, 2.75) is 24.1 Å². The number of amides is 1. The summed E-state index contributed by atoms with van der Waals surface area (Å²) in [5.74, 6) is -0.403. The first-order chi connectivity index (χ1) is 14.9. The van der Waals surface area contributed by atoms with Gasteiger partial charge in [-0.05, 0) is 30.7 Å². The fraction of sp³-hybridized carbons (Fsp3) is 0.130. The zero-order valence-corrected chi connectivity index (χ0v) is 17.7. The van der Waals surface area contributed by atoms with Gasteiger partial charge in [0.1, 0.15) is 5.82 Å². The maximum Gasteiger partial charge on any atom is 0.292 e. The van der Waals surface area contributed by atoms with Crippen LogP contribution >= 0.6 is 0 Å². The largest absolute Gasteiger partial charge is 0.459 e. The van der Waals surface area contributed by atoms with Crippen LogP contribution in [0, 0.1) is 6.92 Å². The predicted molar refractivity (Wildman–Crippen MR) is 117 cm³/mol. The van der Waals surface area contributed by atoms with Crippen LogP contribution in [0.1, 0.15) is 27.4 Å². The van der Waals surface area contributed by atoms with Crippen molar-refractivity contribution in [1.29, 1.82) is 0 Å². The zero-order chi connectivity index (χ0) is 21.8. The van der Waals surface area contributed by atoms with Gasteiger partial charge in [0, 0.05) is 11.6 Å². The molecule has 4 aromatic rings. The highest BCUT2D eigenvalue weighted by Crippen LogP contribution is 2.21. The standard InChI is InChI=1S/C23H21N3O4S/c1-17-14-21(26(25-17)15-18-8-4-2-5-9-18)24-23(27)22-19(12-13-30-22)16-31(28,29)20-10-6-3-7-11-20/h2-14H,15-16H2,1H3,(H,24,27). The molecule has 0 radical (unpaired) electrons. The van der Waals surface area contributed by atoms with Crippen LogP contribution in [0.2, 0.25) is 0 Å². The number of carbonyl (C=O) groups is 1. The van der Waals surface area contributed by atoms with Gasteiger partial charge in [-0.1, -0.05) is 48.5 Å². The second-order valence-corrected chi connectivity index (χ2v) is 9.11. The number of rotatable bonds is 7. The van der Waals surface area contributed by atoms with Crippen molar-refractivity contribution in [2.75, 3.05) is 5.32 Å². The van der Waals surface area contributed by atoms with E-state index in [0.29, 0.717) is 17.9 Å². The average molecular weight is 436 g/mol. The van der Waals surface area contributed by atoms with Crippen LogP contribution in [0.4, 0.5) is 5.82 Å². The Kier molecular flexibility index (Phi) is 5.73. The Hall–Kier alpha value is -3.65. The minimum absolute atomic E-state index is 0.0374. The topological polar surface area (TPSA) is 94.2 Å². The monoisotopic (exact) mass is 435 g/mol. The van der Waals surface area contributed by atoms with Gasteiger partial charge in [-0.15, -0.1) is 0 Å². The number of anilines is 1. The van der Waals surface area contributed by atoms with Gasteiger partial charge >= 0.3 is 0 Å². The molecule has 0 atom stereocenters. The van der Waals surface area contributed by atoms with Crippen molar-refractivity contribution in [1.82, 2.24) is 9.78 Å². The van der Waals surface area contributed by atoms with E-state index in [-0.39, 0.29) is 16.4 Å². The van der Waals surface area contributed by atoms with Crippen LogP contribution in [-0.4, -0.2) is 24.1 Å². The number of hydrogen-bond acceptors (Lipinski definition) is 5. The molecule has 0 unspecified atom stereocenters. The molecule has 0 aliphatic heterocycles. The highest BCUT2D eigenvalue weighted by Gasteiger charge is 2.23. The summed E-state index contributed by atoms with van der Waals surface area (Å²) in [6.45, 7) is 2.32. The molecule has 158 valence electrons. The van der Waals surface area contributed by atoms with Gasteiger partial charge in [0.15, 0.2) is 15.6 Å². The van der Waals surface area contributed by atoms with E-state index in [1.165, 1.54) is 24.5 Å². The van der Waals surface area contributed by atoms with Crippen LogP contribution in [-0.2, 0) is 22.1 Å². The van der Waals surface area contributed by atoms with Crippen LogP contribution in [0.3, 0.4) is 0 Å². The minimum atomic E-state index is -3.61. The van der Waals surface area contributed by atoms with Gasteiger partial charge in [-0.3, -0.25) is 4.79 Å². The lowest BCUT2D eigenvalue weighted by Gasteiger charge is -2.09. The number of carbonyl (C=O) groups excluding carboxylic acids is 1. The molecule has 1 N–H and O–H groups in total. The fourth-order valence-corrected chi connectivity index (χ4v) is 4.64. The van der Waals surface area contributed by atoms with E-state index in [1.807, 2.05) is 37.3 Å². The molecule has 0 aliphatic rings. The molecule has 0 aliphatic carbocycles. The number of sulfone groups is 1. The molecule has 31 heavy (non-hydrogen) atoms. The summed E-state index contributed by atoms with van der Waals surface area (Å²) < 4.78 is 32.4. The number of aryl methyl sites for hydroxylation is 1. The molecule has 0 saturated carbocycles. The van der Waals surface area contributed by atoms with Gasteiger partial charge < -0.3 is 9.73 Å². The summed E-state index contributed by atoms with van der Waals surface area (Å²) in [5.41, 5.74) is 2.08. The molecule has 2 aromatic carbocycles. The Morgan fingerprint density at radius 3 is 2.42 bits per heavy atom.